The second-order valence-corrected chi connectivity index (χ2v) is 2.81. The van der Waals surface area contributed by atoms with Crippen LogP contribution in [0.25, 0.3) is 0 Å². The Bertz CT molecular complexity index is 315. The van der Waals surface area contributed by atoms with Crippen molar-refractivity contribution in [3.05, 3.63) is 16.9 Å². The summed E-state index contributed by atoms with van der Waals surface area (Å²) in [7, 11) is 0. The normalized spacial score (nSPS) is 11.4. The van der Waals surface area contributed by atoms with Gasteiger partial charge in [0.05, 0.1) is 12.4 Å². The molecule has 0 fully saturated rings. The third-order valence-electron chi connectivity index (χ3n) is 1.06. The Morgan fingerprint density at radius 2 is 2.00 bits per heavy atom. The van der Waals surface area contributed by atoms with Crippen molar-refractivity contribution in [1.29, 1.82) is 0 Å². The molecule has 0 saturated heterocycles. The van der Waals surface area contributed by atoms with Crippen LogP contribution in [0.5, 0.6) is 11.5 Å². The van der Waals surface area contributed by atoms with E-state index in [0.717, 1.165) is 12.4 Å². The lowest BCUT2D eigenvalue weighted by atomic mass is 10.4. The highest BCUT2D eigenvalue weighted by Gasteiger charge is 2.32. The fourth-order valence-electron chi connectivity index (χ4n) is 0.611. The summed E-state index contributed by atoms with van der Waals surface area (Å²) < 4.78 is 38.5. The molecule has 0 aliphatic rings. The first-order valence-electron chi connectivity index (χ1n) is 2.98. The molecule has 13 heavy (non-hydrogen) atoms. The highest BCUT2D eigenvalue weighted by atomic mass is 79.9. The molecule has 0 saturated carbocycles. The van der Waals surface area contributed by atoms with Gasteiger partial charge in [-0.25, -0.2) is 0 Å². The van der Waals surface area contributed by atoms with Crippen LogP contribution in [0.3, 0.4) is 0 Å². The predicted octanol–water partition coefficient (Wildman–Crippen LogP) is 2.45. The number of rotatable bonds is 1. The van der Waals surface area contributed by atoms with Crippen LogP contribution in [0.1, 0.15) is 0 Å². The number of ether oxygens (including phenoxy) is 1. The monoisotopic (exact) mass is 257 g/mol. The Balaban J connectivity index is 2.96. The van der Waals surface area contributed by atoms with E-state index in [0.29, 0.717) is 0 Å². The van der Waals surface area contributed by atoms with Gasteiger partial charge in [-0.1, -0.05) is 0 Å². The highest BCUT2D eigenvalue weighted by molar-refractivity contribution is 9.10. The van der Waals surface area contributed by atoms with Gasteiger partial charge in [0.1, 0.15) is 4.47 Å². The standard InChI is InChI=1S/C6H3BrF3NO2/c7-5-3(12)1-11-2-4(5)13-6(8,9)10/h1-2,12H. The lowest BCUT2D eigenvalue weighted by Gasteiger charge is -2.09. The van der Waals surface area contributed by atoms with E-state index in [4.69, 9.17) is 5.11 Å². The van der Waals surface area contributed by atoms with E-state index < -0.39 is 17.9 Å². The molecule has 0 atom stereocenters. The smallest absolute Gasteiger partial charge is 0.505 e. The largest absolute Gasteiger partial charge is 0.573 e. The summed E-state index contributed by atoms with van der Waals surface area (Å²) in [6, 6.07) is 0. The van der Waals surface area contributed by atoms with Crippen LogP contribution in [0, 0.1) is 0 Å². The van der Waals surface area contributed by atoms with E-state index in [1.807, 2.05) is 0 Å². The first kappa shape index (κ1) is 10.1. The molecule has 0 bridgehead atoms. The van der Waals surface area contributed by atoms with Gasteiger partial charge in [-0.3, -0.25) is 4.98 Å². The molecule has 0 unspecified atom stereocenters. The van der Waals surface area contributed by atoms with E-state index in [1.165, 1.54) is 0 Å². The van der Waals surface area contributed by atoms with Crippen molar-refractivity contribution in [1.82, 2.24) is 4.98 Å². The maximum Gasteiger partial charge on any atom is 0.573 e. The lowest BCUT2D eigenvalue weighted by Crippen LogP contribution is -2.17. The van der Waals surface area contributed by atoms with Crippen LogP contribution >= 0.6 is 15.9 Å². The summed E-state index contributed by atoms with van der Waals surface area (Å²) in [4.78, 5) is 3.32. The van der Waals surface area contributed by atoms with E-state index in [1.54, 1.807) is 0 Å². The maximum absolute atomic E-state index is 11.7. The van der Waals surface area contributed by atoms with E-state index in [-0.39, 0.29) is 4.47 Å². The van der Waals surface area contributed by atoms with Crippen molar-refractivity contribution >= 4 is 15.9 Å². The van der Waals surface area contributed by atoms with Gasteiger partial charge in [0, 0.05) is 0 Å². The van der Waals surface area contributed by atoms with Crippen LogP contribution in [0.2, 0.25) is 0 Å². The Labute approximate surface area is 79.3 Å². The highest BCUT2D eigenvalue weighted by Crippen LogP contribution is 2.34. The number of halogens is 4. The third-order valence-corrected chi connectivity index (χ3v) is 1.85. The van der Waals surface area contributed by atoms with Crippen molar-refractivity contribution in [2.45, 2.75) is 6.36 Å². The average Bonchev–Trinajstić information content (AvgIpc) is 1.96. The molecule has 0 aliphatic heterocycles. The average molecular weight is 258 g/mol. The minimum atomic E-state index is -4.79. The number of pyridine rings is 1. The first-order chi connectivity index (χ1) is 5.90. The molecule has 0 amide bonds. The summed E-state index contributed by atoms with van der Waals surface area (Å²) in [6.07, 6.45) is -2.96. The molecule has 1 rings (SSSR count). The Kier molecular flexibility index (Phi) is 2.65. The van der Waals surface area contributed by atoms with Gasteiger partial charge in [0.15, 0.2) is 11.5 Å². The van der Waals surface area contributed by atoms with Crippen LogP contribution in [-0.4, -0.2) is 16.5 Å². The second kappa shape index (κ2) is 3.41. The molecule has 0 aliphatic carbocycles. The summed E-state index contributed by atoms with van der Waals surface area (Å²) >= 11 is 2.72. The van der Waals surface area contributed by atoms with Crippen LogP contribution < -0.4 is 4.74 Å². The molecule has 7 heteroatoms. The number of nitrogens with zero attached hydrogens (tertiary/aromatic N) is 1. The van der Waals surface area contributed by atoms with Gasteiger partial charge in [-0.05, 0) is 15.9 Å². The van der Waals surface area contributed by atoms with Crippen molar-refractivity contribution in [2.75, 3.05) is 0 Å². The second-order valence-electron chi connectivity index (χ2n) is 2.02. The fraction of sp³-hybridized carbons (Fsp3) is 0.167. The van der Waals surface area contributed by atoms with Crippen LogP contribution in [0.4, 0.5) is 13.2 Å². The number of aromatic hydroxyl groups is 1. The van der Waals surface area contributed by atoms with Crippen molar-refractivity contribution in [3.63, 3.8) is 0 Å². The van der Waals surface area contributed by atoms with Crippen molar-refractivity contribution in [2.24, 2.45) is 0 Å². The number of hydrogen-bond acceptors (Lipinski definition) is 3. The summed E-state index contributed by atoms with van der Waals surface area (Å²) in [6.45, 7) is 0. The van der Waals surface area contributed by atoms with Gasteiger partial charge in [-0.15, -0.1) is 13.2 Å². The Morgan fingerprint density at radius 3 is 2.54 bits per heavy atom. The topological polar surface area (TPSA) is 42.4 Å². The molecule has 1 N–H and O–H groups in total. The SMILES string of the molecule is Oc1cncc(OC(F)(F)F)c1Br. The molecule has 0 radical (unpaired) electrons. The first-order valence-corrected chi connectivity index (χ1v) is 3.77. The van der Waals surface area contributed by atoms with Gasteiger partial charge in [0.25, 0.3) is 0 Å². The quantitative estimate of drug-likeness (QED) is 0.841. The summed E-state index contributed by atoms with van der Waals surface area (Å²) in [5.74, 6) is -0.991. The summed E-state index contributed by atoms with van der Waals surface area (Å²) in [5.41, 5.74) is 0. The van der Waals surface area contributed by atoms with E-state index in [2.05, 4.69) is 25.7 Å². The molecule has 0 spiro atoms. The zero-order chi connectivity index (χ0) is 10.1. The molecular weight excluding hydrogens is 255 g/mol. The molecule has 3 nitrogen and oxygen atoms in total. The Morgan fingerprint density at radius 1 is 1.38 bits per heavy atom. The van der Waals surface area contributed by atoms with Crippen LogP contribution in [0.15, 0.2) is 16.9 Å². The van der Waals surface area contributed by atoms with E-state index in [9.17, 15) is 13.2 Å². The van der Waals surface area contributed by atoms with Gasteiger partial charge < -0.3 is 9.84 Å². The lowest BCUT2D eigenvalue weighted by molar-refractivity contribution is -0.275. The van der Waals surface area contributed by atoms with Gasteiger partial charge in [0.2, 0.25) is 0 Å². The molecule has 1 aromatic rings. The molecule has 0 aromatic carbocycles. The van der Waals surface area contributed by atoms with Crippen molar-refractivity contribution in [3.8, 4) is 11.5 Å². The molecule has 72 valence electrons. The molecule has 1 heterocycles. The van der Waals surface area contributed by atoms with E-state index >= 15 is 0 Å². The Hall–Kier alpha value is -0.980. The minimum Gasteiger partial charge on any atom is -0.505 e. The van der Waals surface area contributed by atoms with Gasteiger partial charge >= 0.3 is 6.36 Å². The third kappa shape index (κ3) is 2.76. The zero-order valence-electron chi connectivity index (χ0n) is 5.97. The van der Waals surface area contributed by atoms with Crippen LogP contribution in [-0.2, 0) is 0 Å². The summed E-state index contributed by atoms with van der Waals surface area (Å²) in [5, 5.41) is 8.94. The maximum atomic E-state index is 11.7. The minimum absolute atomic E-state index is 0.181. The zero-order valence-corrected chi connectivity index (χ0v) is 7.56. The van der Waals surface area contributed by atoms with Crippen molar-refractivity contribution < 1.29 is 23.0 Å². The number of aromatic nitrogens is 1. The molecule has 1 aromatic heterocycles. The number of alkyl halides is 3. The fourth-order valence-corrected chi connectivity index (χ4v) is 0.897. The van der Waals surface area contributed by atoms with Gasteiger partial charge in [-0.2, -0.15) is 0 Å². The predicted molar refractivity (Wildman–Crippen MR) is 40.3 cm³/mol. The number of hydrogen-bond donors (Lipinski definition) is 1. The molecular formula is C6H3BrF3NO2.